The number of carbonyl (C=O) groups is 1. The van der Waals surface area contributed by atoms with Gasteiger partial charge in [0.2, 0.25) is 0 Å². The van der Waals surface area contributed by atoms with Crippen molar-refractivity contribution in [3.8, 4) is 0 Å². The molecule has 0 spiro atoms. The molecule has 1 N–H and O–H groups in total. The number of hydrogen-bond donors (Lipinski definition) is 1. The molecule has 4 heteroatoms. The molecular formula is C15H13ClINO. The van der Waals surface area contributed by atoms with E-state index in [0.717, 1.165) is 15.7 Å². The molecule has 0 atom stereocenters. The highest BCUT2D eigenvalue weighted by Gasteiger charge is 2.08. The third-order valence-corrected chi connectivity index (χ3v) is 4.35. The van der Waals surface area contributed by atoms with Crippen molar-refractivity contribution in [1.29, 1.82) is 0 Å². The van der Waals surface area contributed by atoms with Crippen LogP contribution in [0.4, 0.5) is 5.69 Å². The first-order valence-corrected chi connectivity index (χ1v) is 7.41. The second kappa shape index (κ2) is 6.39. The second-order valence-corrected chi connectivity index (χ2v) is 5.71. The predicted molar refractivity (Wildman–Crippen MR) is 87.9 cm³/mol. The molecule has 0 aromatic heterocycles. The van der Waals surface area contributed by atoms with Gasteiger partial charge in [0.25, 0.3) is 5.91 Å². The number of benzene rings is 2. The van der Waals surface area contributed by atoms with Crippen molar-refractivity contribution in [3.05, 3.63) is 62.2 Å². The lowest BCUT2D eigenvalue weighted by Crippen LogP contribution is -2.12. The van der Waals surface area contributed by atoms with Crippen LogP contribution in [0.25, 0.3) is 0 Å². The molecule has 0 saturated carbocycles. The zero-order valence-corrected chi connectivity index (χ0v) is 13.3. The van der Waals surface area contributed by atoms with Gasteiger partial charge in [-0.1, -0.05) is 30.7 Å². The van der Waals surface area contributed by atoms with E-state index in [-0.39, 0.29) is 5.91 Å². The van der Waals surface area contributed by atoms with Crippen molar-refractivity contribution in [2.24, 2.45) is 0 Å². The van der Waals surface area contributed by atoms with Gasteiger partial charge in [0.15, 0.2) is 0 Å². The summed E-state index contributed by atoms with van der Waals surface area (Å²) in [5, 5.41) is 3.47. The number of carbonyl (C=O) groups excluding carboxylic acids is 1. The monoisotopic (exact) mass is 385 g/mol. The Morgan fingerprint density at radius 1 is 1.26 bits per heavy atom. The minimum atomic E-state index is -0.147. The summed E-state index contributed by atoms with van der Waals surface area (Å²) in [6, 6.07) is 13.1. The highest BCUT2D eigenvalue weighted by Crippen LogP contribution is 2.20. The molecule has 1 amide bonds. The van der Waals surface area contributed by atoms with Gasteiger partial charge in [-0.3, -0.25) is 4.79 Å². The Labute approximate surface area is 131 Å². The molecular weight excluding hydrogens is 373 g/mol. The second-order valence-electron chi connectivity index (χ2n) is 4.14. The molecule has 0 fully saturated rings. The van der Waals surface area contributed by atoms with Crippen LogP contribution in [0.2, 0.25) is 5.02 Å². The van der Waals surface area contributed by atoms with Crippen LogP contribution in [0.1, 0.15) is 22.8 Å². The largest absolute Gasteiger partial charge is 0.322 e. The third-order valence-electron chi connectivity index (χ3n) is 2.77. The molecule has 2 rings (SSSR count). The summed E-state index contributed by atoms with van der Waals surface area (Å²) in [6.07, 6.45) is 0.944. The van der Waals surface area contributed by atoms with E-state index in [4.69, 9.17) is 11.6 Å². The Hall–Kier alpha value is -1.07. The average Bonchev–Trinajstić information content (AvgIpc) is 2.42. The van der Waals surface area contributed by atoms with Crippen LogP contribution in [-0.4, -0.2) is 5.91 Å². The standard InChI is InChI=1S/C15H13ClINO/c1-2-10-4-3-5-12(8-10)18-15(19)11-6-7-14(17)13(16)9-11/h3-9H,2H2,1H3,(H,18,19). The van der Waals surface area contributed by atoms with E-state index in [1.54, 1.807) is 12.1 Å². The van der Waals surface area contributed by atoms with Gasteiger partial charge in [0, 0.05) is 14.8 Å². The van der Waals surface area contributed by atoms with Crippen LogP contribution in [-0.2, 0) is 6.42 Å². The molecule has 0 unspecified atom stereocenters. The molecule has 98 valence electrons. The van der Waals surface area contributed by atoms with Gasteiger partial charge < -0.3 is 5.32 Å². The predicted octanol–water partition coefficient (Wildman–Crippen LogP) is 4.76. The number of amides is 1. The first kappa shape index (κ1) is 14.3. The van der Waals surface area contributed by atoms with Crippen LogP contribution in [0, 0.1) is 3.57 Å². The molecule has 0 aliphatic carbocycles. The number of aryl methyl sites for hydroxylation is 1. The summed E-state index contributed by atoms with van der Waals surface area (Å²) in [7, 11) is 0. The van der Waals surface area contributed by atoms with E-state index >= 15 is 0 Å². The summed E-state index contributed by atoms with van der Waals surface area (Å²) in [6.45, 7) is 2.08. The van der Waals surface area contributed by atoms with Crippen LogP contribution in [0.3, 0.4) is 0 Å². The maximum atomic E-state index is 12.1. The van der Waals surface area contributed by atoms with Gasteiger partial charge >= 0.3 is 0 Å². The minimum Gasteiger partial charge on any atom is -0.322 e. The fourth-order valence-corrected chi connectivity index (χ4v) is 2.23. The minimum absolute atomic E-state index is 0.147. The molecule has 0 heterocycles. The van der Waals surface area contributed by atoms with Crippen LogP contribution in [0.15, 0.2) is 42.5 Å². The summed E-state index contributed by atoms with van der Waals surface area (Å²) in [5.41, 5.74) is 2.56. The Kier molecular flexibility index (Phi) is 4.82. The van der Waals surface area contributed by atoms with Crippen molar-refractivity contribution in [1.82, 2.24) is 0 Å². The molecule has 0 aliphatic rings. The summed E-state index contributed by atoms with van der Waals surface area (Å²) in [5.74, 6) is -0.147. The first-order valence-electron chi connectivity index (χ1n) is 5.95. The van der Waals surface area contributed by atoms with Gasteiger partial charge in [-0.15, -0.1) is 0 Å². The number of rotatable bonds is 3. The lowest BCUT2D eigenvalue weighted by atomic mass is 10.1. The highest BCUT2D eigenvalue weighted by atomic mass is 127. The molecule has 19 heavy (non-hydrogen) atoms. The maximum Gasteiger partial charge on any atom is 0.255 e. The Morgan fingerprint density at radius 2 is 2.05 bits per heavy atom. The average molecular weight is 386 g/mol. The lowest BCUT2D eigenvalue weighted by molar-refractivity contribution is 0.102. The lowest BCUT2D eigenvalue weighted by Gasteiger charge is -2.07. The molecule has 0 saturated heterocycles. The van der Waals surface area contributed by atoms with Crippen LogP contribution >= 0.6 is 34.2 Å². The van der Waals surface area contributed by atoms with E-state index in [2.05, 4.69) is 34.8 Å². The summed E-state index contributed by atoms with van der Waals surface area (Å²) in [4.78, 5) is 12.1. The van der Waals surface area contributed by atoms with Gasteiger partial charge in [-0.25, -0.2) is 0 Å². The number of anilines is 1. The Balaban J connectivity index is 2.18. The van der Waals surface area contributed by atoms with Crippen LogP contribution in [0.5, 0.6) is 0 Å². The van der Waals surface area contributed by atoms with Gasteiger partial charge in [-0.2, -0.15) is 0 Å². The number of halogens is 2. The van der Waals surface area contributed by atoms with E-state index in [1.807, 2.05) is 30.3 Å². The fourth-order valence-electron chi connectivity index (χ4n) is 1.71. The molecule has 2 nitrogen and oxygen atoms in total. The third kappa shape index (κ3) is 3.70. The van der Waals surface area contributed by atoms with E-state index < -0.39 is 0 Å². The smallest absolute Gasteiger partial charge is 0.255 e. The van der Waals surface area contributed by atoms with Crippen molar-refractivity contribution >= 4 is 45.8 Å². The quantitative estimate of drug-likeness (QED) is 0.758. The maximum absolute atomic E-state index is 12.1. The van der Waals surface area contributed by atoms with Gasteiger partial charge in [0.05, 0.1) is 5.02 Å². The van der Waals surface area contributed by atoms with Crippen molar-refractivity contribution in [3.63, 3.8) is 0 Å². The van der Waals surface area contributed by atoms with Crippen molar-refractivity contribution in [2.45, 2.75) is 13.3 Å². The highest BCUT2D eigenvalue weighted by molar-refractivity contribution is 14.1. The fraction of sp³-hybridized carbons (Fsp3) is 0.133. The van der Waals surface area contributed by atoms with Crippen molar-refractivity contribution < 1.29 is 4.79 Å². The van der Waals surface area contributed by atoms with Crippen LogP contribution < -0.4 is 5.32 Å². The Bertz CT molecular complexity index is 613. The molecule has 0 radical (unpaired) electrons. The summed E-state index contributed by atoms with van der Waals surface area (Å²) >= 11 is 8.15. The Morgan fingerprint density at radius 3 is 2.74 bits per heavy atom. The van der Waals surface area contributed by atoms with E-state index in [1.165, 1.54) is 5.56 Å². The molecule has 2 aromatic carbocycles. The van der Waals surface area contributed by atoms with E-state index in [9.17, 15) is 4.79 Å². The molecule has 2 aromatic rings. The molecule has 0 aliphatic heterocycles. The number of nitrogens with one attached hydrogen (secondary N) is 1. The van der Waals surface area contributed by atoms with Crippen molar-refractivity contribution in [2.75, 3.05) is 5.32 Å². The van der Waals surface area contributed by atoms with Gasteiger partial charge in [0.1, 0.15) is 0 Å². The van der Waals surface area contributed by atoms with E-state index in [0.29, 0.717) is 10.6 Å². The topological polar surface area (TPSA) is 29.1 Å². The molecule has 0 bridgehead atoms. The zero-order chi connectivity index (χ0) is 13.8. The van der Waals surface area contributed by atoms with Gasteiger partial charge in [-0.05, 0) is 64.9 Å². The number of hydrogen-bond acceptors (Lipinski definition) is 1. The SMILES string of the molecule is CCc1cccc(NC(=O)c2ccc(I)c(Cl)c2)c1. The zero-order valence-electron chi connectivity index (χ0n) is 10.4. The summed E-state index contributed by atoms with van der Waals surface area (Å²) < 4.78 is 0.934. The first-order chi connectivity index (χ1) is 9.10. The normalized spacial score (nSPS) is 10.3.